The highest BCUT2D eigenvalue weighted by molar-refractivity contribution is 5.81. The van der Waals surface area contributed by atoms with Crippen LogP contribution in [0.25, 0.3) is 0 Å². The molecule has 1 heterocycles. The number of anilines is 1. The quantitative estimate of drug-likeness (QED) is 0.832. The molecule has 2 N–H and O–H groups in total. The Kier molecular flexibility index (Phi) is 5.13. The zero-order chi connectivity index (χ0) is 17.0. The van der Waals surface area contributed by atoms with Crippen molar-refractivity contribution in [3.8, 4) is 0 Å². The third-order valence-electron chi connectivity index (χ3n) is 3.50. The van der Waals surface area contributed by atoms with Crippen molar-refractivity contribution in [1.82, 2.24) is 5.32 Å². The summed E-state index contributed by atoms with van der Waals surface area (Å²) in [4.78, 5) is 23.9. The van der Waals surface area contributed by atoms with E-state index >= 15 is 0 Å². The lowest BCUT2D eigenvalue weighted by molar-refractivity contribution is -0.143. The van der Waals surface area contributed by atoms with Gasteiger partial charge in [-0.3, -0.25) is 0 Å². The van der Waals surface area contributed by atoms with Crippen LogP contribution in [0.2, 0.25) is 0 Å². The number of rotatable bonds is 4. The van der Waals surface area contributed by atoms with Gasteiger partial charge in [-0.05, 0) is 44.4 Å². The van der Waals surface area contributed by atoms with E-state index < -0.39 is 23.7 Å². The zero-order valence-electron chi connectivity index (χ0n) is 14.1. The Labute approximate surface area is 136 Å². The molecule has 0 aliphatic carbocycles. The molecule has 1 amide bonds. The fourth-order valence-corrected chi connectivity index (χ4v) is 2.51. The number of fused-ring (bicyclic) bond motifs is 1. The van der Waals surface area contributed by atoms with Gasteiger partial charge in [0.15, 0.2) is 0 Å². The highest BCUT2D eigenvalue weighted by atomic mass is 16.6. The lowest BCUT2D eigenvalue weighted by atomic mass is 10.0. The summed E-state index contributed by atoms with van der Waals surface area (Å²) in [6.07, 6.45) is 0.695. The van der Waals surface area contributed by atoms with Crippen molar-refractivity contribution in [3.63, 3.8) is 0 Å². The highest BCUT2D eigenvalue weighted by Crippen LogP contribution is 2.23. The molecule has 0 fully saturated rings. The van der Waals surface area contributed by atoms with Gasteiger partial charge in [0.05, 0.1) is 7.11 Å². The first-order valence-electron chi connectivity index (χ1n) is 7.71. The summed E-state index contributed by atoms with van der Waals surface area (Å²) >= 11 is 0. The van der Waals surface area contributed by atoms with Gasteiger partial charge >= 0.3 is 12.1 Å². The number of methoxy groups -OCH3 is 1. The van der Waals surface area contributed by atoms with Crippen LogP contribution in [-0.4, -0.2) is 37.4 Å². The number of hydrogen-bond donors (Lipinski definition) is 2. The fourth-order valence-electron chi connectivity index (χ4n) is 2.51. The summed E-state index contributed by atoms with van der Waals surface area (Å²) < 4.78 is 9.99. The van der Waals surface area contributed by atoms with E-state index in [0.29, 0.717) is 6.42 Å². The van der Waals surface area contributed by atoms with Gasteiger partial charge in [-0.15, -0.1) is 0 Å². The molecule has 2 rings (SSSR count). The molecule has 1 atom stereocenters. The van der Waals surface area contributed by atoms with Gasteiger partial charge in [-0.25, -0.2) is 9.59 Å². The molecule has 1 unspecified atom stereocenters. The molecule has 1 aliphatic rings. The molecule has 23 heavy (non-hydrogen) atoms. The first-order valence-corrected chi connectivity index (χ1v) is 7.71. The molecule has 0 radical (unpaired) electrons. The maximum absolute atomic E-state index is 11.9. The molecule has 6 heteroatoms. The van der Waals surface area contributed by atoms with Crippen molar-refractivity contribution >= 4 is 17.7 Å². The molecule has 1 aromatic rings. The standard InChI is InChI=1S/C17H24N2O4/c1-17(2,3)23-16(21)19-14(15(20)22-4)10-11-5-6-13-12(9-11)7-8-18-13/h5-6,9,14,18H,7-8,10H2,1-4H3,(H,19,21). The van der Waals surface area contributed by atoms with Crippen molar-refractivity contribution < 1.29 is 19.1 Å². The lowest BCUT2D eigenvalue weighted by Gasteiger charge is -2.22. The number of carbonyl (C=O) groups is 2. The topological polar surface area (TPSA) is 76.7 Å². The van der Waals surface area contributed by atoms with Crippen LogP contribution in [0.4, 0.5) is 10.5 Å². The van der Waals surface area contributed by atoms with Gasteiger partial charge in [-0.1, -0.05) is 12.1 Å². The van der Waals surface area contributed by atoms with E-state index in [4.69, 9.17) is 9.47 Å². The average Bonchev–Trinajstić information content (AvgIpc) is 2.91. The van der Waals surface area contributed by atoms with Crippen LogP contribution >= 0.6 is 0 Å². The SMILES string of the molecule is COC(=O)C(Cc1ccc2c(c1)CCN2)NC(=O)OC(C)(C)C. The van der Waals surface area contributed by atoms with Gasteiger partial charge in [0.25, 0.3) is 0 Å². The lowest BCUT2D eigenvalue weighted by Crippen LogP contribution is -2.45. The van der Waals surface area contributed by atoms with Crippen LogP contribution in [0.5, 0.6) is 0 Å². The molecule has 6 nitrogen and oxygen atoms in total. The Bertz CT molecular complexity index is 593. The van der Waals surface area contributed by atoms with Crippen LogP contribution in [-0.2, 0) is 27.1 Å². The van der Waals surface area contributed by atoms with Crippen LogP contribution in [0.3, 0.4) is 0 Å². The minimum atomic E-state index is -0.776. The number of hydrogen-bond acceptors (Lipinski definition) is 5. The predicted octanol–water partition coefficient (Wildman–Crippen LogP) is 2.26. The van der Waals surface area contributed by atoms with Crippen LogP contribution in [0.15, 0.2) is 18.2 Å². The molecular weight excluding hydrogens is 296 g/mol. The van der Waals surface area contributed by atoms with E-state index in [9.17, 15) is 9.59 Å². The number of amides is 1. The third kappa shape index (κ3) is 4.87. The Morgan fingerprint density at radius 2 is 2.09 bits per heavy atom. The molecular formula is C17H24N2O4. The van der Waals surface area contributed by atoms with Crippen LogP contribution in [0, 0.1) is 0 Å². The highest BCUT2D eigenvalue weighted by Gasteiger charge is 2.25. The Morgan fingerprint density at radius 1 is 1.35 bits per heavy atom. The molecule has 0 saturated carbocycles. The summed E-state index contributed by atoms with van der Waals surface area (Å²) in [6, 6.07) is 5.23. The number of carbonyl (C=O) groups excluding carboxylic acids is 2. The van der Waals surface area contributed by atoms with E-state index in [2.05, 4.69) is 16.7 Å². The molecule has 0 spiro atoms. The zero-order valence-corrected chi connectivity index (χ0v) is 14.1. The average molecular weight is 320 g/mol. The predicted molar refractivity (Wildman–Crippen MR) is 87.5 cm³/mol. The maximum atomic E-state index is 11.9. The van der Waals surface area contributed by atoms with Gasteiger partial charge < -0.3 is 20.1 Å². The summed E-state index contributed by atoms with van der Waals surface area (Å²) in [5, 5.41) is 5.88. The molecule has 0 aromatic heterocycles. The second kappa shape index (κ2) is 6.89. The van der Waals surface area contributed by atoms with E-state index in [1.165, 1.54) is 12.7 Å². The normalized spacial score (nSPS) is 14.4. The number of benzene rings is 1. The molecule has 0 bridgehead atoms. The minimum Gasteiger partial charge on any atom is -0.467 e. The Morgan fingerprint density at radius 3 is 2.74 bits per heavy atom. The van der Waals surface area contributed by atoms with Crippen molar-refractivity contribution in [2.75, 3.05) is 19.0 Å². The number of esters is 1. The monoisotopic (exact) mass is 320 g/mol. The smallest absolute Gasteiger partial charge is 0.408 e. The number of alkyl carbamates (subject to hydrolysis) is 1. The van der Waals surface area contributed by atoms with Crippen LogP contribution in [0.1, 0.15) is 31.9 Å². The summed E-state index contributed by atoms with van der Waals surface area (Å²) in [5.41, 5.74) is 2.70. The van der Waals surface area contributed by atoms with Crippen molar-refractivity contribution in [2.45, 2.75) is 45.3 Å². The van der Waals surface area contributed by atoms with Gasteiger partial charge in [0, 0.05) is 18.7 Å². The maximum Gasteiger partial charge on any atom is 0.408 e. The second-order valence-electron chi connectivity index (χ2n) is 6.59. The van der Waals surface area contributed by atoms with E-state index in [-0.39, 0.29) is 0 Å². The van der Waals surface area contributed by atoms with E-state index in [1.54, 1.807) is 20.8 Å². The van der Waals surface area contributed by atoms with Crippen molar-refractivity contribution in [3.05, 3.63) is 29.3 Å². The van der Waals surface area contributed by atoms with E-state index in [1.807, 2.05) is 12.1 Å². The fraction of sp³-hybridized carbons (Fsp3) is 0.529. The largest absolute Gasteiger partial charge is 0.467 e. The summed E-state index contributed by atoms with van der Waals surface area (Å²) in [6.45, 7) is 6.24. The Balaban J connectivity index is 2.07. The third-order valence-corrected chi connectivity index (χ3v) is 3.50. The van der Waals surface area contributed by atoms with Gasteiger partial charge in [0.2, 0.25) is 0 Å². The molecule has 0 saturated heterocycles. The minimum absolute atomic E-state index is 0.360. The van der Waals surface area contributed by atoms with Crippen molar-refractivity contribution in [1.29, 1.82) is 0 Å². The van der Waals surface area contributed by atoms with E-state index in [0.717, 1.165) is 24.2 Å². The second-order valence-corrected chi connectivity index (χ2v) is 6.59. The van der Waals surface area contributed by atoms with Crippen LogP contribution < -0.4 is 10.6 Å². The number of nitrogens with one attached hydrogen (secondary N) is 2. The summed E-state index contributed by atoms with van der Waals surface area (Å²) in [5.74, 6) is -0.491. The molecule has 1 aromatic carbocycles. The molecule has 126 valence electrons. The number of ether oxygens (including phenoxy) is 2. The summed E-state index contributed by atoms with van der Waals surface area (Å²) in [7, 11) is 1.30. The van der Waals surface area contributed by atoms with Gasteiger partial charge in [-0.2, -0.15) is 0 Å². The first kappa shape index (κ1) is 17.1. The van der Waals surface area contributed by atoms with Gasteiger partial charge in [0.1, 0.15) is 11.6 Å². The Hall–Kier alpha value is -2.24. The first-order chi connectivity index (χ1) is 10.8. The van der Waals surface area contributed by atoms with Crippen molar-refractivity contribution in [2.24, 2.45) is 0 Å². The molecule has 1 aliphatic heterocycles.